The van der Waals surface area contributed by atoms with Crippen LogP contribution >= 0.6 is 11.3 Å². The van der Waals surface area contributed by atoms with Crippen molar-refractivity contribution in [1.82, 2.24) is 25.0 Å². The number of aromatic nitrogens is 3. The molecule has 1 unspecified atom stereocenters. The number of nitrogens with one attached hydrogen (secondary N) is 1. The summed E-state index contributed by atoms with van der Waals surface area (Å²) in [5.41, 5.74) is 7.30. The summed E-state index contributed by atoms with van der Waals surface area (Å²) in [5, 5.41) is 10.1. The van der Waals surface area contributed by atoms with E-state index in [4.69, 9.17) is 4.42 Å². The number of hydrogen-bond donors (Lipinski definition) is 1. The first-order valence-corrected chi connectivity index (χ1v) is 14.4. The van der Waals surface area contributed by atoms with Gasteiger partial charge in [0.05, 0.1) is 33.7 Å². The third-order valence-electron chi connectivity index (χ3n) is 7.87. The van der Waals surface area contributed by atoms with Crippen molar-refractivity contribution in [3.05, 3.63) is 70.6 Å². The third kappa shape index (κ3) is 4.77. The van der Waals surface area contributed by atoms with Crippen molar-refractivity contribution < 1.29 is 9.21 Å². The molecule has 0 bridgehead atoms. The van der Waals surface area contributed by atoms with E-state index in [1.54, 1.807) is 11.3 Å². The fourth-order valence-corrected chi connectivity index (χ4v) is 6.75. The molecule has 1 atom stereocenters. The normalized spacial score (nSPS) is 18.4. The lowest BCUT2D eigenvalue weighted by Crippen LogP contribution is -2.36. The molecule has 198 valence electrons. The number of urea groups is 1. The van der Waals surface area contributed by atoms with E-state index in [9.17, 15) is 4.79 Å². The Morgan fingerprint density at radius 2 is 2.18 bits per heavy atom. The van der Waals surface area contributed by atoms with Crippen molar-refractivity contribution in [2.24, 2.45) is 10.9 Å². The molecule has 1 saturated heterocycles. The molecule has 0 aliphatic carbocycles. The van der Waals surface area contributed by atoms with Gasteiger partial charge in [0.2, 0.25) is 0 Å². The smallest absolute Gasteiger partial charge is 0.343 e. The summed E-state index contributed by atoms with van der Waals surface area (Å²) in [7, 11) is 0. The van der Waals surface area contributed by atoms with E-state index in [2.05, 4.69) is 49.3 Å². The largest absolute Gasteiger partial charge is 0.464 e. The summed E-state index contributed by atoms with van der Waals surface area (Å²) in [6.07, 6.45) is 6.65. The number of carbonyl (C=O) groups excluding carboxylic acids is 1. The molecule has 7 rings (SSSR count). The van der Waals surface area contributed by atoms with Crippen LogP contribution in [0.2, 0.25) is 0 Å². The minimum atomic E-state index is -0.167. The van der Waals surface area contributed by atoms with Crippen molar-refractivity contribution in [3.8, 4) is 11.3 Å². The number of nitrogens with zero attached hydrogens (tertiary/aromatic N) is 5. The van der Waals surface area contributed by atoms with Gasteiger partial charge in [0, 0.05) is 66.0 Å². The number of thiazole rings is 1. The van der Waals surface area contributed by atoms with Gasteiger partial charge in [0.1, 0.15) is 5.58 Å². The number of benzene rings is 2. The van der Waals surface area contributed by atoms with E-state index in [1.165, 1.54) is 10.9 Å². The number of aryl methyl sites for hydroxylation is 1. The number of aromatic amines is 1. The summed E-state index contributed by atoms with van der Waals surface area (Å²) in [4.78, 5) is 26.4. The first-order chi connectivity index (χ1) is 19.1. The lowest BCUT2D eigenvalue weighted by atomic mass is 9.98. The highest BCUT2D eigenvalue weighted by molar-refractivity contribution is 7.18. The Hall–Kier alpha value is -3.82. The molecule has 0 spiro atoms. The second kappa shape index (κ2) is 10.1. The van der Waals surface area contributed by atoms with Crippen molar-refractivity contribution in [2.45, 2.75) is 39.3 Å². The minimum absolute atomic E-state index is 0.167. The molecule has 0 radical (unpaired) electrons. The standard InChI is InChI=1S/C30H30N6O2S/c1-19-32-26-9-8-21(13-28(26)39-19)29-24-17-36(12-10-25(24)33-34-29)30(37)31-14-20-5-4-11-35(15-20)16-22-18-38-27-7-3-2-6-23(22)27/h2-3,6-9,13-14,18,20H,4-5,10-12,15-17H2,1H3,(H,33,34). The van der Waals surface area contributed by atoms with Crippen molar-refractivity contribution in [2.75, 3.05) is 19.6 Å². The van der Waals surface area contributed by atoms with Crippen molar-refractivity contribution >= 4 is 44.8 Å². The first kappa shape index (κ1) is 24.2. The molecule has 0 saturated carbocycles. The average molecular weight is 539 g/mol. The van der Waals surface area contributed by atoms with Crippen LogP contribution in [-0.4, -0.2) is 56.9 Å². The number of rotatable bonds is 4. The first-order valence-electron chi connectivity index (χ1n) is 13.5. The SMILES string of the molecule is Cc1nc2ccc(-c3n[nH]c4c3CN(C(=O)N=CC3CCCN(Cc5coc6ccccc56)C3)CC4)cc2s1. The van der Waals surface area contributed by atoms with Crippen LogP contribution in [0.1, 0.15) is 34.7 Å². The number of aliphatic imine (C=N–C) groups is 1. The Balaban J connectivity index is 1.02. The molecule has 1 N–H and O–H groups in total. The summed E-state index contributed by atoms with van der Waals surface area (Å²) >= 11 is 1.69. The lowest BCUT2D eigenvalue weighted by molar-refractivity contribution is 0.195. The zero-order valence-electron chi connectivity index (χ0n) is 21.9. The Morgan fingerprint density at radius 3 is 3.13 bits per heavy atom. The van der Waals surface area contributed by atoms with Crippen LogP contribution < -0.4 is 0 Å². The van der Waals surface area contributed by atoms with Crippen LogP contribution in [0.4, 0.5) is 4.79 Å². The van der Waals surface area contributed by atoms with E-state index in [0.717, 1.165) is 82.2 Å². The van der Waals surface area contributed by atoms with E-state index in [0.29, 0.717) is 13.1 Å². The van der Waals surface area contributed by atoms with Crippen LogP contribution in [0.3, 0.4) is 0 Å². The average Bonchev–Trinajstić information content (AvgIpc) is 3.67. The molecule has 9 heteroatoms. The number of furan rings is 1. The molecular formula is C30H30N6O2S. The highest BCUT2D eigenvalue weighted by Crippen LogP contribution is 2.32. The van der Waals surface area contributed by atoms with Gasteiger partial charge < -0.3 is 9.32 Å². The predicted molar refractivity (Wildman–Crippen MR) is 154 cm³/mol. The van der Waals surface area contributed by atoms with Gasteiger partial charge in [-0.2, -0.15) is 5.10 Å². The number of para-hydroxylation sites is 1. The van der Waals surface area contributed by atoms with Gasteiger partial charge in [-0.05, 0) is 44.5 Å². The van der Waals surface area contributed by atoms with Crippen molar-refractivity contribution in [1.29, 1.82) is 0 Å². The zero-order valence-corrected chi connectivity index (χ0v) is 22.7. The van der Waals surface area contributed by atoms with E-state index < -0.39 is 0 Å². The molecule has 1 fully saturated rings. The molecule has 5 aromatic rings. The van der Waals surface area contributed by atoms with Gasteiger partial charge in [-0.1, -0.05) is 24.3 Å². The van der Waals surface area contributed by atoms with E-state index in [-0.39, 0.29) is 11.9 Å². The number of piperidine rings is 1. The monoisotopic (exact) mass is 538 g/mol. The number of amides is 2. The van der Waals surface area contributed by atoms with Crippen LogP contribution in [0.15, 0.2) is 58.1 Å². The number of carbonyl (C=O) groups is 1. The number of likely N-dealkylation sites (tertiary alicyclic amines) is 1. The molecule has 2 aliphatic rings. The van der Waals surface area contributed by atoms with Crippen LogP contribution in [-0.2, 0) is 19.5 Å². The van der Waals surface area contributed by atoms with Gasteiger partial charge in [-0.3, -0.25) is 10.00 Å². The van der Waals surface area contributed by atoms with Crippen LogP contribution in [0.25, 0.3) is 32.4 Å². The molecular weight excluding hydrogens is 508 g/mol. The minimum Gasteiger partial charge on any atom is -0.464 e. The number of H-pyrrole nitrogens is 1. The molecule has 8 nitrogen and oxygen atoms in total. The topological polar surface area (TPSA) is 90.6 Å². The van der Waals surface area contributed by atoms with Crippen molar-refractivity contribution in [3.63, 3.8) is 0 Å². The maximum Gasteiger partial charge on any atom is 0.343 e. The molecule has 2 amide bonds. The van der Waals surface area contributed by atoms with Gasteiger partial charge in [0.25, 0.3) is 0 Å². The second-order valence-corrected chi connectivity index (χ2v) is 11.8. The maximum atomic E-state index is 13.1. The lowest BCUT2D eigenvalue weighted by Gasteiger charge is -2.31. The molecule has 2 aliphatic heterocycles. The predicted octanol–water partition coefficient (Wildman–Crippen LogP) is 6.20. The Kier molecular flexibility index (Phi) is 6.25. The summed E-state index contributed by atoms with van der Waals surface area (Å²) in [6, 6.07) is 14.3. The molecule has 5 heterocycles. The fourth-order valence-electron chi connectivity index (χ4n) is 5.89. The Morgan fingerprint density at radius 1 is 1.26 bits per heavy atom. The Labute approximate surface area is 230 Å². The van der Waals surface area contributed by atoms with Crippen LogP contribution in [0.5, 0.6) is 0 Å². The summed E-state index contributed by atoms with van der Waals surface area (Å²) in [5.74, 6) is 0.264. The van der Waals surface area contributed by atoms with Gasteiger partial charge in [0.15, 0.2) is 0 Å². The highest BCUT2D eigenvalue weighted by atomic mass is 32.1. The quantitative estimate of drug-likeness (QED) is 0.275. The number of hydrogen-bond acceptors (Lipinski definition) is 6. The van der Waals surface area contributed by atoms with Gasteiger partial charge >= 0.3 is 6.03 Å². The molecule has 3 aromatic heterocycles. The van der Waals surface area contributed by atoms with E-state index >= 15 is 0 Å². The van der Waals surface area contributed by atoms with Gasteiger partial charge in [-0.15, -0.1) is 11.3 Å². The third-order valence-corrected chi connectivity index (χ3v) is 8.80. The van der Waals surface area contributed by atoms with E-state index in [1.807, 2.05) is 42.5 Å². The summed E-state index contributed by atoms with van der Waals surface area (Å²) in [6.45, 7) is 5.97. The maximum absolute atomic E-state index is 13.1. The van der Waals surface area contributed by atoms with Gasteiger partial charge in [-0.25, -0.2) is 14.8 Å². The number of fused-ring (bicyclic) bond motifs is 3. The molecule has 2 aromatic carbocycles. The fraction of sp³-hybridized carbons (Fsp3) is 0.333. The zero-order chi connectivity index (χ0) is 26.3. The molecule has 39 heavy (non-hydrogen) atoms. The Bertz CT molecular complexity index is 1700. The summed E-state index contributed by atoms with van der Waals surface area (Å²) < 4.78 is 6.88. The van der Waals surface area contributed by atoms with Crippen LogP contribution in [0, 0.1) is 12.8 Å². The highest BCUT2D eigenvalue weighted by Gasteiger charge is 2.26. The second-order valence-electron chi connectivity index (χ2n) is 10.6.